The maximum Gasteiger partial charge on any atom is 0.224 e. The van der Waals surface area contributed by atoms with Gasteiger partial charge in [-0.1, -0.05) is 18.2 Å². The largest absolute Gasteiger partial charge is 0.342 e. The van der Waals surface area contributed by atoms with Crippen molar-refractivity contribution in [1.29, 1.82) is 0 Å². The van der Waals surface area contributed by atoms with Crippen LogP contribution in [0.4, 0.5) is 0 Å². The van der Waals surface area contributed by atoms with Crippen LogP contribution in [0.1, 0.15) is 30.2 Å². The van der Waals surface area contributed by atoms with Crippen molar-refractivity contribution in [3.8, 4) is 10.7 Å². The lowest BCUT2D eigenvalue weighted by Crippen LogP contribution is -2.39. The fourth-order valence-corrected chi connectivity index (χ4v) is 5.99. The van der Waals surface area contributed by atoms with Gasteiger partial charge in [-0.2, -0.15) is 5.10 Å². The Balaban J connectivity index is 1.27. The summed E-state index contributed by atoms with van der Waals surface area (Å²) >= 11 is 8.75. The minimum atomic E-state index is 0.168. The van der Waals surface area contributed by atoms with Crippen molar-refractivity contribution >= 4 is 51.0 Å². The Morgan fingerprint density at radius 2 is 2.17 bits per heavy atom. The number of hydrogen-bond acceptors (Lipinski definition) is 6. The van der Waals surface area contributed by atoms with Gasteiger partial charge in [-0.25, -0.2) is 4.98 Å². The van der Waals surface area contributed by atoms with Gasteiger partial charge >= 0.3 is 0 Å². The second-order valence-corrected chi connectivity index (χ2v) is 9.83. The molecule has 3 aromatic heterocycles. The SMILES string of the molecule is O=C(CCn1c(-c2cccs2)n[nH]c1=S)N1CCCC(c2nc3ccccc3s2)C1. The van der Waals surface area contributed by atoms with Crippen LogP contribution in [0.25, 0.3) is 20.9 Å². The number of rotatable bonds is 5. The van der Waals surface area contributed by atoms with Crippen molar-refractivity contribution < 1.29 is 4.79 Å². The zero-order chi connectivity index (χ0) is 20.5. The number of nitrogens with one attached hydrogen (secondary N) is 1. The van der Waals surface area contributed by atoms with E-state index in [9.17, 15) is 4.79 Å². The number of thiazole rings is 1. The standard InChI is InChI=1S/C21H21N5OS3/c27-18(9-11-26-19(23-24-21(26)28)17-8-4-12-29-17)25-10-3-5-14(13-25)20-22-15-6-1-2-7-16(15)30-20/h1-2,4,6-8,12,14H,3,5,9-11,13H2,(H,24,28). The summed E-state index contributed by atoms with van der Waals surface area (Å²) in [5, 5.41) is 10.4. The van der Waals surface area contributed by atoms with E-state index in [2.05, 4.69) is 22.3 Å². The Hall–Kier alpha value is -2.36. The first-order valence-corrected chi connectivity index (χ1v) is 12.1. The number of piperidine rings is 1. The number of aromatic nitrogens is 4. The van der Waals surface area contributed by atoms with E-state index >= 15 is 0 Å². The Morgan fingerprint density at radius 1 is 1.27 bits per heavy atom. The molecular formula is C21H21N5OS3. The number of likely N-dealkylation sites (tertiary alicyclic amines) is 1. The third-order valence-electron chi connectivity index (χ3n) is 5.48. The van der Waals surface area contributed by atoms with E-state index in [0.717, 1.165) is 47.2 Å². The minimum Gasteiger partial charge on any atom is -0.342 e. The fraction of sp³-hybridized carbons (Fsp3) is 0.333. The molecule has 1 aliphatic rings. The second-order valence-electron chi connectivity index (χ2n) is 7.43. The topological polar surface area (TPSA) is 66.8 Å². The highest BCUT2D eigenvalue weighted by atomic mass is 32.1. The van der Waals surface area contributed by atoms with Gasteiger partial charge in [0.05, 0.1) is 20.1 Å². The van der Waals surface area contributed by atoms with Crippen molar-refractivity contribution in [2.45, 2.75) is 31.7 Å². The quantitative estimate of drug-likeness (QED) is 0.427. The monoisotopic (exact) mass is 455 g/mol. The number of carbonyl (C=O) groups is 1. The molecule has 30 heavy (non-hydrogen) atoms. The zero-order valence-corrected chi connectivity index (χ0v) is 18.7. The molecule has 0 aliphatic carbocycles. The van der Waals surface area contributed by atoms with Crippen LogP contribution in [0.2, 0.25) is 0 Å². The summed E-state index contributed by atoms with van der Waals surface area (Å²) in [6, 6.07) is 12.2. The Kier molecular flexibility index (Phi) is 5.49. The van der Waals surface area contributed by atoms with E-state index in [-0.39, 0.29) is 5.91 Å². The van der Waals surface area contributed by atoms with E-state index < -0.39 is 0 Å². The maximum absolute atomic E-state index is 13.0. The molecule has 4 aromatic rings. The van der Waals surface area contributed by atoms with Crippen molar-refractivity contribution in [2.75, 3.05) is 13.1 Å². The first kappa shape index (κ1) is 19.6. The summed E-state index contributed by atoms with van der Waals surface area (Å²) in [4.78, 5) is 20.8. The maximum atomic E-state index is 13.0. The predicted molar refractivity (Wildman–Crippen MR) is 124 cm³/mol. The van der Waals surface area contributed by atoms with Crippen LogP contribution in [0.15, 0.2) is 41.8 Å². The molecule has 6 nitrogen and oxygen atoms in total. The molecule has 1 aromatic carbocycles. The number of thiophene rings is 1. The van der Waals surface area contributed by atoms with Crippen LogP contribution in [0.5, 0.6) is 0 Å². The van der Waals surface area contributed by atoms with Crippen LogP contribution >= 0.6 is 34.9 Å². The molecule has 5 rings (SSSR count). The average Bonchev–Trinajstić information content (AvgIpc) is 3.51. The second kappa shape index (κ2) is 8.41. The number of amides is 1. The molecule has 1 fully saturated rings. The Labute approximate surface area is 187 Å². The average molecular weight is 456 g/mol. The molecule has 4 heterocycles. The normalized spacial score (nSPS) is 16.9. The number of benzene rings is 1. The van der Waals surface area contributed by atoms with E-state index in [4.69, 9.17) is 17.2 Å². The Morgan fingerprint density at radius 3 is 3.00 bits per heavy atom. The van der Waals surface area contributed by atoms with Gasteiger partial charge in [-0.05, 0) is 48.6 Å². The molecule has 9 heteroatoms. The lowest BCUT2D eigenvalue weighted by Gasteiger charge is -2.32. The lowest BCUT2D eigenvalue weighted by atomic mass is 9.98. The smallest absolute Gasteiger partial charge is 0.224 e. The number of nitrogens with zero attached hydrogens (tertiary/aromatic N) is 4. The number of hydrogen-bond donors (Lipinski definition) is 1. The van der Waals surface area contributed by atoms with Crippen molar-refractivity contribution in [2.24, 2.45) is 0 Å². The number of H-pyrrole nitrogens is 1. The summed E-state index contributed by atoms with van der Waals surface area (Å²) in [7, 11) is 0. The lowest BCUT2D eigenvalue weighted by molar-refractivity contribution is -0.132. The molecule has 1 aliphatic heterocycles. The first-order valence-electron chi connectivity index (χ1n) is 10.0. The van der Waals surface area contributed by atoms with Gasteiger partial charge in [0, 0.05) is 32.0 Å². The molecule has 0 bridgehead atoms. The van der Waals surface area contributed by atoms with E-state index in [1.807, 2.05) is 39.1 Å². The Bertz CT molecular complexity index is 1190. The predicted octanol–water partition coefficient (Wildman–Crippen LogP) is 5.08. The number of para-hydroxylation sites is 1. The molecule has 1 N–H and O–H groups in total. The molecule has 154 valence electrons. The van der Waals surface area contributed by atoms with Gasteiger partial charge in [0.1, 0.15) is 0 Å². The van der Waals surface area contributed by atoms with Gasteiger partial charge in [0.25, 0.3) is 0 Å². The highest BCUT2D eigenvalue weighted by molar-refractivity contribution is 7.71. The van der Waals surface area contributed by atoms with E-state index in [1.165, 1.54) is 4.70 Å². The van der Waals surface area contributed by atoms with Crippen LogP contribution in [0.3, 0.4) is 0 Å². The molecule has 1 unspecified atom stereocenters. The summed E-state index contributed by atoms with van der Waals surface area (Å²) in [6.45, 7) is 2.09. The third kappa shape index (κ3) is 3.84. The molecular weight excluding hydrogens is 434 g/mol. The van der Waals surface area contributed by atoms with Crippen LogP contribution in [-0.2, 0) is 11.3 Å². The van der Waals surface area contributed by atoms with Crippen LogP contribution in [0, 0.1) is 4.77 Å². The zero-order valence-electron chi connectivity index (χ0n) is 16.3. The first-order chi connectivity index (χ1) is 14.7. The highest BCUT2D eigenvalue weighted by Crippen LogP contribution is 2.33. The fourth-order valence-electron chi connectivity index (χ4n) is 3.95. The molecule has 0 saturated carbocycles. The van der Waals surface area contributed by atoms with Crippen LogP contribution < -0.4 is 0 Å². The molecule has 1 saturated heterocycles. The molecule has 0 spiro atoms. The van der Waals surface area contributed by atoms with E-state index in [1.54, 1.807) is 22.7 Å². The molecule has 1 atom stereocenters. The minimum absolute atomic E-state index is 0.168. The van der Waals surface area contributed by atoms with E-state index in [0.29, 0.717) is 23.7 Å². The number of fused-ring (bicyclic) bond motifs is 1. The van der Waals surface area contributed by atoms with Crippen LogP contribution in [-0.4, -0.2) is 43.6 Å². The van der Waals surface area contributed by atoms with Crippen molar-refractivity contribution in [3.05, 3.63) is 51.6 Å². The highest BCUT2D eigenvalue weighted by Gasteiger charge is 2.27. The molecule has 1 amide bonds. The summed E-state index contributed by atoms with van der Waals surface area (Å²) in [5.41, 5.74) is 1.05. The third-order valence-corrected chi connectivity index (χ3v) is 7.86. The summed E-state index contributed by atoms with van der Waals surface area (Å²) in [5.74, 6) is 1.28. The van der Waals surface area contributed by atoms with Gasteiger partial charge in [-0.15, -0.1) is 22.7 Å². The summed E-state index contributed by atoms with van der Waals surface area (Å²) < 4.78 is 3.69. The van der Waals surface area contributed by atoms with Crippen molar-refractivity contribution in [3.63, 3.8) is 0 Å². The van der Waals surface area contributed by atoms with Gasteiger partial charge in [0.15, 0.2) is 10.6 Å². The van der Waals surface area contributed by atoms with Gasteiger partial charge < -0.3 is 4.90 Å². The number of carbonyl (C=O) groups excluding carboxylic acids is 1. The van der Waals surface area contributed by atoms with Gasteiger partial charge in [-0.3, -0.25) is 14.5 Å². The number of aromatic amines is 1. The summed E-state index contributed by atoms with van der Waals surface area (Å²) in [6.07, 6.45) is 2.51. The van der Waals surface area contributed by atoms with Gasteiger partial charge in [0.2, 0.25) is 5.91 Å². The van der Waals surface area contributed by atoms with Crippen molar-refractivity contribution in [1.82, 2.24) is 24.6 Å². The molecule has 0 radical (unpaired) electrons.